The summed E-state index contributed by atoms with van der Waals surface area (Å²) >= 11 is 1.88. The molecule has 0 aliphatic carbocycles. The molecular formula is C15H27N3S. The van der Waals surface area contributed by atoms with Crippen molar-refractivity contribution < 1.29 is 0 Å². The molecule has 2 heterocycles. The zero-order chi connectivity index (χ0) is 13.8. The maximum Gasteiger partial charge on any atom is 0.0562 e. The molecule has 108 valence electrons. The van der Waals surface area contributed by atoms with Crippen LogP contribution in [0.25, 0.3) is 0 Å². The summed E-state index contributed by atoms with van der Waals surface area (Å²) in [6, 6.07) is 4.83. The van der Waals surface area contributed by atoms with Crippen molar-refractivity contribution in [3.63, 3.8) is 0 Å². The molecule has 1 atom stereocenters. The van der Waals surface area contributed by atoms with Gasteiger partial charge < -0.3 is 10.6 Å². The van der Waals surface area contributed by atoms with Crippen LogP contribution in [0.2, 0.25) is 0 Å². The molecule has 1 fully saturated rings. The van der Waals surface area contributed by atoms with Gasteiger partial charge in [0.15, 0.2) is 0 Å². The van der Waals surface area contributed by atoms with Crippen molar-refractivity contribution in [1.29, 1.82) is 0 Å². The highest BCUT2D eigenvalue weighted by Crippen LogP contribution is 2.28. The van der Waals surface area contributed by atoms with Crippen LogP contribution >= 0.6 is 11.3 Å². The van der Waals surface area contributed by atoms with E-state index in [-0.39, 0.29) is 0 Å². The molecule has 1 aromatic heterocycles. The maximum atomic E-state index is 6.00. The van der Waals surface area contributed by atoms with E-state index in [0.29, 0.717) is 12.6 Å². The van der Waals surface area contributed by atoms with Crippen LogP contribution < -0.4 is 5.73 Å². The lowest BCUT2D eigenvalue weighted by molar-refractivity contribution is 0.153. The molecule has 1 saturated heterocycles. The average molecular weight is 281 g/mol. The second-order valence-corrected chi connectivity index (χ2v) is 7.21. The minimum atomic E-state index is 0.387. The SMILES string of the molecule is Cc1ccc(C(CN)N(C)CC2CCN(C)CC2)s1. The minimum absolute atomic E-state index is 0.387. The number of piperidine rings is 1. The number of rotatable bonds is 5. The van der Waals surface area contributed by atoms with Crippen molar-refractivity contribution in [2.45, 2.75) is 25.8 Å². The van der Waals surface area contributed by atoms with Gasteiger partial charge in [0, 0.05) is 22.8 Å². The lowest BCUT2D eigenvalue weighted by Crippen LogP contribution is -2.38. The van der Waals surface area contributed by atoms with Crippen LogP contribution in [0.1, 0.15) is 28.6 Å². The lowest BCUT2D eigenvalue weighted by atomic mass is 9.96. The zero-order valence-electron chi connectivity index (χ0n) is 12.4. The Labute approximate surface area is 121 Å². The molecule has 4 heteroatoms. The van der Waals surface area contributed by atoms with E-state index in [1.165, 1.54) is 42.2 Å². The van der Waals surface area contributed by atoms with Gasteiger partial charge in [0.1, 0.15) is 0 Å². The number of aryl methyl sites for hydroxylation is 1. The van der Waals surface area contributed by atoms with Gasteiger partial charge in [0.05, 0.1) is 6.04 Å². The van der Waals surface area contributed by atoms with E-state index in [2.05, 4.69) is 43.0 Å². The smallest absolute Gasteiger partial charge is 0.0562 e. The van der Waals surface area contributed by atoms with E-state index in [4.69, 9.17) is 5.73 Å². The third-order valence-corrected chi connectivity index (χ3v) is 5.33. The summed E-state index contributed by atoms with van der Waals surface area (Å²) < 4.78 is 0. The second-order valence-electron chi connectivity index (χ2n) is 5.89. The molecular weight excluding hydrogens is 254 g/mol. The van der Waals surface area contributed by atoms with E-state index >= 15 is 0 Å². The molecule has 1 unspecified atom stereocenters. The standard InChI is InChI=1S/C15H27N3S/c1-12-4-5-15(19-12)14(10-16)18(3)11-13-6-8-17(2)9-7-13/h4-5,13-14H,6-11,16H2,1-3H3. The molecule has 0 radical (unpaired) electrons. The molecule has 19 heavy (non-hydrogen) atoms. The Hall–Kier alpha value is -0.420. The van der Waals surface area contributed by atoms with Crippen LogP contribution in [-0.2, 0) is 0 Å². The van der Waals surface area contributed by atoms with Gasteiger partial charge in [-0.2, -0.15) is 0 Å². The Balaban J connectivity index is 1.91. The van der Waals surface area contributed by atoms with Gasteiger partial charge in [0.25, 0.3) is 0 Å². The third kappa shape index (κ3) is 4.02. The molecule has 0 spiro atoms. The van der Waals surface area contributed by atoms with E-state index in [0.717, 1.165) is 5.92 Å². The van der Waals surface area contributed by atoms with Gasteiger partial charge in [-0.15, -0.1) is 11.3 Å². The number of likely N-dealkylation sites (tertiary alicyclic amines) is 1. The van der Waals surface area contributed by atoms with E-state index in [1.54, 1.807) is 0 Å². The lowest BCUT2D eigenvalue weighted by Gasteiger charge is -2.34. The van der Waals surface area contributed by atoms with Crippen molar-refractivity contribution in [2.75, 3.05) is 40.3 Å². The first-order valence-corrected chi connectivity index (χ1v) is 8.07. The predicted octanol–water partition coefficient (Wildman–Crippen LogP) is 2.33. The first-order valence-electron chi connectivity index (χ1n) is 7.25. The number of hydrogen-bond acceptors (Lipinski definition) is 4. The molecule has 1 aliphatic heterocycles. The molecule has 1 aliphatic rings. The number of thiophene rings is 1. The summed E-state index contributed by atoms with van der Waals surface area (Å²) in [5.41, 5.74) is 6.00. The van der Waals surface area contributed by atoms with Crippen LogP contribution in [0.5, 0.6) is 0 Å². The Morgan fingerprint density at radius 3 is 2.63 bits per heavy atom. The fourth-order valence-corrected chi connectivity index (χ4v) is 3.98. The molecule has 0 amide bonds. The Morgan fingerprint density at radius 1 is 1.42 bits per heavy atom. The molecule has 2 N–H and O–H groups in total. The van der Waals surface area contributed by atoms with E-state index < -0.39 is 0 Å². The van der Waals surface area contributed by atoms with Crippen molar-refractivity contribution in [2.24, 2.45) is 11.7 Å². The highest BCUT2D eigenvalue weighted by atomic mass is 32.1. The quantitative estimate of drug-likeness (QED) is 0.899. The molecule has 3 nitrogen and oxygen atoms in total. The number of nitrogens with zero attached hydrogens (tertiary/aromatic N) is 2. The number of hydrogen-bond donors (Lipinski definition) is 1. The van der Waals surface area contributed by atoms with E-state index in [1.807, 2.05) is 11.3 Å². The summed E-state index contributed by atoms with van der Waals surface area (Å²) in [6.07, 6.45) is 2.64. The van der Waals surface area contributed by atoms with Crippen molar-refractivity contribution >= 4 is 11.3 Å². The summed E-state index contributed by atoms with van der Waals surface area (Å²) in [4.78, 5) is 7.68. The van der Waals surface area contributed by atoms with Crippen molar-refractivity contribution in [1.82, 2.24) is 9.80 Å². The summed E-state index contributed by atoms with van der Waals surface area (Å²) in [5, 5.41) is 0. The first-order chi connectivity index (χ1) is 9.10. The predicted molar refractivity (Wildman–Crippen MR) is 83.7 cm³/mol. The van der Waals surface area contributed by atoms with Crippen molar-refractivity contribution in [3.8, 4) is 0 Å². The molecule has 0 aromatic carbocycles. The molecule has 2 rings (SSSR count). The normalized spacial score (nSPS) is 20.1. The fourth-order valence-electron chi connectivity index (χ4n) is 2.92. The highest BCUT2D eigenvalue weighted by molar-refractivity contribution is 7.12. The van der Waals surface area contributed by atoms with Crippen LogP contribution in [0.15, 0.2) is 12.1 Å². The topological polar surface area (TPSA) is 32.5 Å². The maximum absolute atomic E-state index is 6.00. The molecule has 0 bridgehead atoms. The summed E-state index contributed by atoms with van der Waals surface area (Å²) in [7, 11) is 4.45. The van der Waals surface area contributed by atoms with Crippen molar-refractivity contribution in [3.05, 3.63) is 21.9 Å². The van der Waals surface area contributed by atoms with Gasteiger partial charge in [-0.1, -0.05) is 0 Å². The van der Waals surface area contributed by atoms with Gasteiger partial charge in [0.2, 0.25) is 0 Å². The number of likely N-dealkylation sites (N-methyl/N-ethyl adjacent to an activating group) is 1. The van der Waals surface area contributed by atoms with Gasteiger partial charge in [-0.05, 0) is 65.0 Å². The van der Waals surface area contributed by atoms with Gasteiger partial charge >= 0.3 is 0 Å². The highest BCUT2D eigenvalue weighted by Gasteiger charge is 2.23. The summed E-state index contributed by atoms with van der Waals surface area (Å²) in [5.74, 6) is 0.830. The minimum Gasteiger partial charge on any atom is -0.329 e. The van der Waals surface area contributed by atoms with Crippen LogP contribution in [0, 0.1) is 12.8 Å². The molecule has 0 saturated carbocycles. The first kappa shape index (κ1) is 15.0. The second kappa shape index (κ2) is 6.84. The van der Waals surface area contributed by atoms with Crippen LogP contribution in [-0.4, -0.2) is 50.1 Å². The molecule has 1 aromatic rings. The summed E-state index contributed by atoms with van der Waals surface area (Å²) in [6.45, 7) is 6.53. The van der Waals surface area contributed by atoms with Gasteiger partial charge in [-0.25, -0.2) is 0 Å². The van der Waals surface area contributed by atoms with Crippen LogP contribution in [0.4, 0.5) is 0 Å². The average Bonchev–Trinajstić information content (AvgIpc) is 2.80. The van der Waals surface area contributed by atoms with Gasteiger partial charge in [-0.3, -0.25) is 4.90 Å². The zero-order valence-corrected chi connectivity index (χ0v) is 13.2. The third-order valence-electron chi connectivity index (χ3n) is 4.23. The number of nitrogens with two attached hydrogens (primary N) is 1. The van der Waals surface area contributed by atoms with Crippen LogP contribution in [0.3, 0.4) is 0 Å². The Kier molecular flexibility index (Phi) is 5.39. The fraction of sp³-hybridized carbons (Fsp3) is 0.733. The Morgan fingerprint density at radius 2 is 2.11 bits per heavy atom. The monoisotopic (exact) mass is 281 g/mol. The largest absolute Gasteiger partial charge is 0.329 e. The Bertz CT molecular complexity index is 382. The van der Waals surface area contributed by atoms with E-state index in [9.17, 15) is 0 Å².